The summed E-state index contributed by atoms with van der Waals surface area (Å²) in [5.74, 6) is 0.583. The Kier molecular flexibility index (Phi) is 5.52. The number of aliphatic hydroxyl groups excluding tert-OH is 1. The van der Waals surface area contributed by atoms with Gasteiger partial charge in [0.15, 0.2) is 0 Å². The third-order valence-corrected chi connectivity index (χ3v) is 5.36. The van der Waals surface area contributed by atoms with Gasteiger partial charge < -0.3 is 5.11 Å². The van der Waals surface area contributed by atoms with Crippen LogP contribution in [0.15, 0.2) is 54.7 Å². The van der Waals surface area contributed by atoms with Gasteiger partial charge in [-0.05, 0) is 29.0 Å². The van der Waals surface area contributed by atoms with E-state index in [0.29, 0.717) is 5.92 Å². The van der Waals surface area contributed by atoms with Gasteiger partial charge in [-0.25, -0.2) is 0 Å². The molecular weight excluding hydrogens is 322 g/mol. The van der Waals surface area contributed by atoms with Crippen molar-refractivity contribution in [2.24, 2.45) is 5.92 Å². The molecule has 1 heterocycles. The Hall–Kier alpha value is -2.46. The first kappa shape index (κ1) is 18.3. The smallest absolute Gasteiger partial charge is 0.113 e. The zero-order valence-corrected chi connectivity index (χ0v) is 15.7. The summed E-state index contributed by atoms with van der Waals surface area (Å²) in [6.07, 6.45) is 3.91. The summed E-state index contributed by atoms with van der Waals surface area (Å²) in [5.41, 5.74) is 5.12. The van der Waals surface area contributed by atoms with E-state index in [2.05, 4.69) is 72.6 Å². The molecule has 0 bridgehead atoms. The highest BCUT2D eigenvalue weighted by Crippen LogP contribution is 2.35. The fourth-order valence-electron chi connectivity index (χ4n) is 3.53. The van der Waals surface area contributed by atoms with Crippen LogP contribution in [-0.4, -0.2) is 27.1 Å². The maximum absolute atomic E-state index is 10.0. The van der Waals surface area contributed by atoms with Crippen LogP contribution in [0.2, 0.25) is 0 Å². The van der Waals surface area contributed by atoms with Crippen LogP contribution in [0.1, 0.15) is 39.2 Å². The van der Waals surface area contributed by atoms with Crippen molar-refractivity contribution in [2.75, 3.05) is 6.61 Å². The number of aromatic nitrogens is 3. The van der Waals surface area contributed by atoms with Crippen LogP contribution in [0.25, 0.3) is 22.4 Å². The second-order valence-electron chi connectivity index (χ2n) is 7.42. The Balaban J connectivity index is 1.94. The van der Waals surface area contributed by atoms with Crippen molar-refractivity contribution in [3.63, 3.8) is 0 Å². The molecule has 0 aliphatic carbocycles. The second kappa shape index (κ2) is 7.83. The zero-order valence-electron chi connectivity index (χ0n) is 15.7. The van der Waals surface area contributed by atoms with Crippen molar-refractivity contribution >= 4 is 0 Å². The first-order chi connectivity index (χ1) is 12.6. The van der Waals surface area contributed by atoms with Crippen LogP contribution in [-0.2, 0) is 5.41 Å². The van der Waals surface area contributed by atoms with E-state index >= 15 is 0 Å². The highest BCUT2D eigenvalue weighted by molar-refractivity contribution is 5.81. The molecule has 3 aromatic rings. The number of hydrogen-bond donors (Lipinski definition) is 2. The number of aromatic amines is 1. The zero-order chi connectivity index (χ0) is 18.6. The van der Waals surface area contributed by atoms with E-state index in [1.807, 2.05) is 18.3 Å². The summed E-state index contributed by atoms with van der Waals surface area (Å²) >= 11 is 0. The van der Waals surface area contributed by atoms with Gasteiger partial charge in [-0.15, -0.1) is 5.10 Å². The Morgan fingerprint density at radius 2 is 1.77 bits per heavy atom. The normalized spacial score (nSPS) is 14.8. The van der Waals surface area contributed by atoms with E-state index < -0.39 is 0 Å². The summed E-state index contributed by atoms with van der Waals surface area (Å²) in [7, 11) is 0. The molecular formula is C22H27N3O. The number of aliphatic hydroxyl groups is 1. The van der Waals surface area contributed by atoms with Gasteiger partial charge in [0, 0.05) is 11.0 Å². The fourth-order valence-corrected chi connectivity index (χ4v) is 3.53. The number of H-pyrrole nitrogens is 1. The predicted molar refractivity (Wildman–Crippen MR) is 106 cm³/mol. The monoisotopic (exact) mass is 349 g/mol. The van der Waals surface area contributed by atoms with E-state index in [1.165, 1.54) is 5.56 Å². The van der Waals surface area contributed by atoms with Gasteiger partial charge in [-0.2, -0.15) is 0 Å². The third kappa shape index (κ3) is 3.70. The molecule has 0 radical (unpaired) electrons. The molecule has 3 rings (SSSR count). The molecule has 26 heavy (non-hydrogen) atoms. The van der Waals surface area contributed by atoms with Gasteiger partial charge in [0.25, 0.3) is 0 Å². The minimum absolute atomic E-state index is 0.159. The maximum Gasteiger partial charge on any atom is 0.113 e. The average Bonchev–Trinajstić information content (AvgIpc) is 3.22. The summed E-state index contributed by atoms with van der Waals surface area (Å²) in [4.78, 5) is 0. The minimum atomic E-state index is -0.209. The van der Waals surface area contributed by atoms with Crippen LogP contribution >= 0.6 is 0 Å². The average molecular weight is 349 g/mol. The summed E-state index contributed by atoms with van der Waals surface area (Å²) in [5, 5.41) is 20.8. The van der Waals surface area contributed by atoms with Crippen LogP contribution in [0.4, 0.5) is 0 Å². The molecule has 4 nitrogen and oxygen atoms in total. The SMILES string of the molecule is CCC(C)CC(C)(CO)c1ccc(-c2ccccc2-c2c[nH]nn2)cc1. The highest BCUT2D eigenvalue weighted by atomic mass is 16.3. The lowest BCUT2D eigenvalue weighted by Crippen LogP contribution is -2.29. The van der Waals surface area contributed by atoms with E-state index in [9.17, 15) is 5.11 Å². The van der Waals surface area contributed by atoms with Crippen LogP contribution in [0.3, 0.4) is 0 Å². The largest absolute Gasteiger partial charge is 0.395 e. The molecule has 1 aromatic heterocycles. The van der Waals surface area contributed by atoms with E-state index in [4.69, 9.17) is 0 Å². The first-order valence-electron chi connectivity index (χ1n) is 9.25. The molecule has 4 heteroatoms. The van der Waals surface area contributed by atoms with Gasteiger partial charge >= 0.3 is 0 Å². The van der Waals surface area contributed by atoms with Crippen LogP contribution < -0.4 is 0 Å². The van der Waals surface area contributed by atoms with Gasteiger partial charge in [-0.3, -0.25) is 5.10 Å². The molecule has 0 aliphatic rings. The molecule has 2 N–H and O–H groups in total. The van der Waals surface area contributed by atoms with Crippen molar-refractivity contribution < 1.29 is 5.11 Å². The molecule has 0 fully saturated rings. The van der Waals surface area contributed by atoms with Crippen LogP contribution in [0.5, 0.6) is 0 Å². The number of rotatable bonds is 7. The summed E-state index contributed by atoms with van der Waals surface area (Å²) < 4.78 is 0. The van der Waals surface area contributed by atoms with E-state index in [-0.39, 0.29) is 12.0 Å². The molecule has 136 valence electrons. The maximum atomic E-state index is 10.0. The molecule has 0 aliphatic heterocycles. The summed E-state index contributed by atoms with van der Waals surface area (Å²) in [6.45, 7) is 6.76. The van der Waals surface area contributed by atoms with E-state index in [0.717, 1.165) is 35.2 Å². The molecule has 2 aromatic carbocycles. The standard InChI is InChI=1S/C22H27N3O/c1-4-16(2)13-22(3,15-26)18-11-9-17(10-12-18)19-7-5-6-8-20(19)21-14-23-25-24-21/h5-12,14,16,26H,4,13,15H2,1-3H3,(H,23,24,25). The van der Waals surface area contributed by atoms with Gasteiger partial charge in [0.2, 0.25) is 0 Å². The minimum Gasteiger partial charge on any atom is -0.395 e. The molecule has 2 atom stereocenters. The Bertz CT molecular complexity index is 827. The van der Waals surface area contributed by atoms with Crippen molar-refractivity contribution in [1.82, 2.24) is 15.4 Å². The first-order valence-corrected chi connectivity index (χ1v) is 9.25. The Morgan fingerprint density at radius 1 is 1.08 bits per heavy atom. The molecule has 0 saturated heterocycles. The Labute approximate surface area is 155 Å². The second-order valence-corrected chi connectivity index (χ2v) is 7.42. The molecule has 2 unspecified atom stereocenters. The van der Waals surface area contributed by atoms with Gasteiger partial charge in [0.05, 0.1) is 12.8 Å². The van der Waals surface area contributed by atoms with Crippen molar-refractivity contribution in [3.8, 4) is 22.4 Å². The predicted octanol–water partition coefficient (Wildman–Crippen LogP) is 4.82. The molecule has 0 saturated carbocycles. The third-order valence-electron chi connectivity index (χ3n) is 5.36. The van der Waals surface area contributed by atoms with Crippen molar-refractivity contribution in [3.05, 3.63) is 60.3 Å². The van der Waals surface area contributed by atoms with Gasteiger partial charge in [-0.1, -0.05) is 80.9 Å². The fraction of sp³-hybridized carbons (Fsp3) is 0.364. The van der Waals surface area contributed by atoms with Crippen LogP contribution in [0, 0.1) is 5.92 Å². The number of nitrogens with one attached hydrogen (secondary N) is 1. The molecule has 0 amide bonds. The summed E-state index contributed by atoms with van der Waals surface area (Å²) in [6, 6.07) is 16.8. The number of benzene rings is 2. The van der Waals surface area contributed by atoms with Crippen molar-refractivity contribution in [1.29, 1.82) is 0 Å². The topological polar surface area (TPSA) is 61.8 Å². The highest BCUT2D eigenvalue weighted by Gasteiger charge is 2.27. The van der Waals surface area contributed by atoms with Gasteiger partial charge in [0.1, 0.15) is 5.69 Å². The lowest BCUT2D eigenvalue weighted by molar-refractivity contribution is 0.179. The number of hydrogen-bond acceptors (Lipinski definition) is 3. The molecule has 0 spiro atoms. The number of nitrogens with zero attached hydrogens (tertiary/aromatic N) is 2. The lowest BCUT2D eigenvalue weighted by Gasteiger charge is -2.31. The lowest BCUT2D eigenvalue weighted by atomic mass is 9.75. The quantitative estimate of drug-likeness (QED) is 0.642. The van der Waals surface area contributed by atoms with Crippen molar-refractivity contribution in [2.45, 2.75) is 39.0 Å². The van der Waals surface area contributed by atoms with E-state index in [1.54, 1.807) is 0 Å². The Morgan fingerprint density at radius 3 is 2.35 bits per heavy atom.